The number of pyridine rings is 1. The Hall–Kier alpha value is -3.96. The lowest BCUT2D eigenvalue weighted by atomic mass is 10.1. The van der Waals surface area contributed by atoms with E-state index in [1.807, 2.05) is 43.9 Å². The third-order valence-electron chi connectivity index (χ3n) is 5.43. The Labute approximate surface area is 191 Å². The van der Waals surface area contributed by atoms with E-state index in [9.17, 15) is 14.9 Å². The molecule has 0 aliphatic carbocycles. The molecule has 0 unspecified atom stereocenters. The molecule has 4 rings (SSSR count). The fourth-order valence-electron chi connectivity index (χ4n) is 3.94. The summed E-state index contributed by atoms with van der Waals surface area (Å²) in [7, 11) is 0. The van der Waals surface area contributed by atoms with E-state index >= 15 is 0 Å². The quantitative estimate of drug-likeness (QED) is 0.491. The molecule has 1 aliphatic heterocycles. The molecule has 1 aromatic carbocycles. The monoisotopic (exact) mass is 443 g/mol. The van der Waals surface area contributed by atoms with Gasteiger partial charge in [-0.2, -0.15) is 5.26 Å². The van der Waals surface area contributed by atoms with Crippen molar-refractivity contribution < 1.29 is 9.53 Å². The molecular formula is C25H25N5O3. The number of fused-ring (bicyclic) bond motifs is 1. The second-order valence-electron chi connectivity index (χ2n) is 8.24. The topological polar surface area (TPSA) is 99.7 Å². The average Bonchev–Trinajstić information content (AvgIpc) is 2.79. The zero-order valence-corrected chi connectivity index (χ0v) is 18.8. The van der Waals surface area contributed by atoms with Gasteiger partial charge in [0.2, 0.25) is 0 Å². The molecule has 0 bridgehead atoms. The van der Waals surface area contributed by atoms with Crippen LogP contribution in [0.15, 0.2) is 59.0 Å². The van der Waals surface area contributed by atoms with Crippen molar-refractivity contribution in [2.75, 3.05) is 23.3 Å². The molecule has 1 fully saturated rings. The van der Waals surface area contributed by atoms with Crippen LogP contribution in [-0.2, 0) is 9.53 Å². The number of hydrogen-bond acceptors (Lipinski definition) is 6. The molecule has 8 nitrogen and oxygen atoms in total. The van der Waals surface area contributed by atoms with Crippen molar-refractivity contribution in [2.24, 2.45) is 0 Å². The minimum atomic E-state index is -0.589. The van der Waals surface area contributed by atoms with Crippen LogP contribution in [0.4, 0.5) is 11.5 Å². The Morgan fingerprint density at radius 2 is 1.88 bits per heavy atom. The molecule has 1 saturated heterocycles. The molecule has 0 spiro atoms. The number of nitrogens with one attached hydrogen (secondary N) is 1. The molecule has 1 aliphatic rings. The van der Waals surface area contributed by atoms with E-state index in [0.29, 0.717) is 30.2 Å². The van der Waals surface area contributed by atoms with Gasteiger partial charge in [-0.3, -0.25) is 14.0 Å². The summed E-state index contributed by atoms with van der Waals surface area (Å²) < 4.78 is 7.24. The van der Waals surface area contributed by atoms with Crippen LogP contribution in [0.5, 0.6) is 0 Å². The zero-order chi connectivity index (χ0) is 23.5. The van der Waals surface area contributed by atoms with Gasteiger partial charge in [-0.05, 0) is 51.1 Å². The number of benzene rings is 1. The van der Waals surface area contributed by atoms with Crippen molar-refractivity contribution in [1.29, 1.82) is 5.26 Å². The number of aromatic nitrogens is 2. The lowest BCUT2D eigenvalue weighted by Gasteiger charge is -2.36. The summed E-state index contributed by atoms with van der Waals surface area (Å²) in [5.41, 5.74) is 1.77. The van der Waals surface area contributed by atoms with E-state index in [-0.39, 0.29) is 28.9 Å². The molecule has 0 radical (unpaired) electrons. The highest BCUT2D eigenvalue weighted by Crippen LogP contribution is 2.23. The van der Waals surface area contributed by atoms with Crippen LogP contribution in [0.3, 0.4) is 0 Å². The number of rotatable bonds is 4. The Morgan fingerprint density at radius 3 is 2.55 bits per heavy atom. The molecule has 2 aromatic heterocycles. The maximum atomic E-state index is 13.4. The highest BCUT2D eigenvalue weighted by Gasteiger charge is 2.27. The van der Waals surface area contributed by atoms with Crippen LogP contribution in [0.1, 0.15) is 25.0 Å². The van der Waals surface area contributed by atoms with Gasteiger partial charge in [0, 0.05) is 25.0 Å². The van der Waals surface area contributed by atoms with Crippen molar-refractivity contribution in [1.82, 2.24) is 9.38 Å². The molecule has 0 saturated carbocycles. The van der Waals surface area contributed by atoms with Gasteiger partial charge in [-0.15, -0.1) is 0 Å². The Bertz CT molecular complexity index is 1310. The number of carbonyl (C=O) groups excluding carboxylic acids is 1. The lowest BCUT2D eigenvalue weighted by Crippen LogP contribution is -2.46. The molecule has 3 aromatic rings. The third kappa shape index (κ3) is 4.78. The highest BCUT2D eigenvalue weighted by molar-refractivity contribution is 6.10. The van der Waals surface area contributed by atoms with Gasteiger partial charge in [0.25, 0.3) is 11.5 Å². The smallest absolute Gasteiger partial charge is 0.267 e. The maximum absolute atomic E-state index is 13.4. The first-order chi connectivity index (χ1) is 15.9. The summed E-state index contributed by atoms with van der Waals surface area (Å²) in [4.78, 5) is 32.9. The van der Waals surface area contributed by atoms with Gasteiger partial charge in [0.05, 0.1) is 17.8 Å². The fraction of sp³-hybridized carbons (Fsp3) is 0.280. The molecule has 33 heavy (non-hydrogen) atoms. The first-order valence-electron chi connectivity index (χ1n) is 10.8. The first-order valence-corrected chi connectivity index (χ1v) is 10.8. The van der Waals surface area contributed by atoms with Crippen LogP contribution >= 0.6 is 0 Å². The Kier molecular flexibility index (Phi) is 6.24. The molecule has 3 heterocycles. The molecule has 1 amide bonds. The molecule has 1 N–H and O–H groups in total. The van der Waals surface area contributed by atoms with Gasteiger partial charge in [-0.1, -0.05) is 23.8 Å². The summed E-state index contributed by atoms with van der Waals surface area (Å²) in [6.07, 6.45) is 2.84. The third-order valence-corrected chi connectivity index (χ3v) is 5.43. The second-order valence-corrected chi connectivity index (χ2v) is 8.24. The number of nitrogens with zero attached hydrogens (tertiary/aromatic N) is 4. The van der Waals surface area contributed by atoms with Crippen molar-refractivity contribution >= 4 is 29.1 Å². The van der Waals surface area contributed by atoms with Crippen molar-refractivity contribution in [3.05, 3.63) is 75.7 Å². The van der Waals surface area contributed by atoms with Gasteiger partial charge in [0.15, 0.2) is 0 Å². The van der Waals surface area contributed by atoms with E-state index in [1.54, 1.807) is 36.5 Å². The molecule has 2 atom stereocenters. The van der Waals surface area contributed by atoms with Gasteiger partial charge < -0.3 is 15.0 Å². The number of amides is 1. The standard InChI is InChI=1S/C25H25N5O3/c1-16-7-9-20(10-8-16)27-24(31)19(13-26)12-21-23(29-14-17(2)33-18(3)15-29)28-22-6-4-5-11-30(22)25(21)32/h4-12,17-18H,14-15H2,1-3H3,(H,27,31)/b19-12+/t17-,18-/m0/s1. The van der Waals surface area contributed by atoms with E-state index in [0.717, 1.165) is 5.56 Å². The number of aryl methyl sites for hydroxylation is 1. The zero-order valence-electron chi connectivity index (χ0n) is 18.8. The number of ether oxygens (including phenoxy) is 1. The van der Waals surface area contributed by atoms with Crippen molar-refractivity contribution in [3.8, 4) is 6.07 Å². The van der Waals surface area contributed by atoms with Crippen LogP contribution in [0.25, 0.3) is 11.7 Å². The number of hydrogen-bond donors (Lipinski definition) is 1. The SMILES string of the molecule is Cc1ccc(NC(=O)/C(C#N)=C/c2c(N3C[C@H](C)O[C@@H](C)C3)nc3ccccn3c2=O)cc1. The van der Waals surface area contributed by atoms with Crippen LogP contribution < -0.4 is 15.8 Å². The normalized spacial score (nSPS) is 18.7. The number of carbonyl (C=O) groups is 1. The Balaban J connectivity index is 1.80. The lowest BCUT2D eigenvalue weighted by molar-refractivity contribution is -0.112. The number of morpholine rings is 1. The molecule has 8 heteroatoms. The number of anilines is 2. The predicted octanol–water partition coefficient (Wildman–Crippen LogP) is 3.16. The van der Waals surface area contributed by atoms with Crippen LogP contribution in [-0.4, -0.2) is 40.6 Å². The summed E-state index contributed by atoms with van der Waals surface area (Å²) >= 11 is 0. The van der Waals surface area contributed by atoms with Gasteiger partial charge >= 0.3 is 0 Å². The summed E-state index contributed by atoms with van der Waals surface area (Å²) in [6, 6.07) is 14.5. The van der Waals surface area contributed by atoms with Crippen LogP contribution in [0, 0.1) is 18.3 Å². The van der Waals surface area contributed by atoms with Crippen molar-refractivity contribution in [2.45, 2.75) is 33.0 Å². The van der Waals surface area contributed by atoms with Crippen LogP contribution in [0.2, 0.25) is 0 Å². The molecular weight excluding hydrogens is 418 g/mol. The van der Waals surface area contributed by atoms with Crippen molar-refractivity contribution in [3.63, 3.8) is 0 Å². The first kappa shape index (κ1) is 22.2. The highest BCUT2D eigenvalue weighted by atomic mass is 16.5. The van der Waals surface area contributed by atoms with E-state index in [1.165, 1.54) is 10.5 Å². The minimum Gasteiger partial charge on any atom is -0.372 e. The molecule has 168 valence electrons. The second kappa shape index (κ2) is 9.27. The predicted molar refractivity (Wildman–Crippen MR) is 127 cm³/mol. The largest absolute Gasteiger partial charge is 0.372 e. The fourth-order valence-corrected chi connectivity index (χ4v) is 3.94. The van der Waals surface area contributed by atoms with Gasteiger partial charge in [0.1, 0.15) is 23.1 Å². The summed E-state index contributed by atoms with van der Waals surface area (Å²) in [5, 5.41) is 12.4. The number of nitriles is 1. The van der Waals surface area contributed by atoms with E-state index < -0.39 is 5.91 Å². The summed E-state index contributed by atoms with van der Waals surface area (Å²) in [6.45, 7) is 6.95. The Morgan fingerprint density at radius 1 is 1.18 bits per heavy atom. The average molecular weight is 444 g/mol. The van der Waals surface area contributed by atoms with Gasteiger partial charge in [-0.25, -0.2) is 4.98 Å². The minimum absolute atomic E-state index is 0.0538. The van der Waals surface area contributed by atoms with E-state index in [2.05, 4.69) is 5.32 Å². The van der Waals surface area contributed by atoms with E-state index in [4.69, 9.17) is 9.72 Å². The summed E-state index contributed by atoms with van der Waals surface area (Å²) in [5.74, 6) is -0.155. The maximum Gasteiger partial charge on any atom is 0.267 e.